The van der Waals surface area contributed by atoms with Gasteiger partial charge in [0, 0.05) is 33.2 Å². The summed E-state index contributed by atoms with van der Waals surface area (Å²) in [6.45, 7) is 0.608. The van der Waals surface area contributed by atoms with Crippen LogP contribution in [0.3, 0.4) is 0 Å². The van der Waals surface area contributed by atoms with Crippen molar-refractivity contribution in [2.75, 3.05) is 27.2 Å². The van der Waals surface area contributed by atoms with Gasteiger partial charge < -0.3 is 0 Å². The Morgan fingerprint density at radius 1 is 1.00 bits per heavy atom. The van der Waals surface area contributed by atoms with Crippen molar-refractivity contribution in [1.29, 1.82) is 0 Å². The standard InChI is InChI=1S/C15H19N3O4S/c1-16(2)23(21,22)17-9-7-11(8-10-17)18-14(19)12-5-3-4-6-13(12)15(18)20/h3-6,11H,7-10H2,1-2H3. The molecule has 0 radical (unpaired) electrons. The Hall–Kier alpha value is -1.77. The van der Waals surface area contributed by atoms with Gasteiger partial charge >= 0.3 is 0 Å². The van der Waals surface area contributed by atoms with Crippen molar-refractivity contribution < 1.29 is 18.0 Å². The molecule has 0 bridgehead atoms. The van der Waals surface area contributed by atoms with Crippen LogP contribution in [0, 0.1) is 0 Å². The van der Waals surface area contributed by atoms with E-state index in [0.29, 0.717) is 37.1 Å². The van der Waals surface area contributed by atoms with E-state index in [1.54, 1.807) is 24.3 Å². The summed E-state index contributed by atoms with van der Waals surface area (Å²) in [6.07, 6.45) is 0.914. The van der Waals surface area contributed by atoms with Crippen LogP contribution in [-0.2, 0) is 10.2 Å². The molecule has 1 fully saturated rings. The van der Waals surface area contributed by atoms with E-state index in [1.165, 1.54) is 27.6 Å². The number of imide groups is 1. The highest BCUT2D eigenvalue weighted by molar-refractivity contribution is 7.86. The fourth-order valence-corrected chi connectivity index (χ4v) is 4.24. The Kier molecular flexibility index (Phi) is 3.99. The summed E-state index contributed by atoms with van der Waals surface area (Å²) in [5, 5.41) is 0. The molecule has 2 amide bonds. The first kappa shape index (κ1) is 16.1. The van der Waals surface area contributed by atoms with Crippen LogP contribution in [0.5, 0.6) is 0 Å². The third kappa shape index (κ3) is 2.56. The molecule has 124 valence electrons. The maximum Gasteiger partial charge on any atom is 0.281 e. The Labute approximate surface area is 135 Å². The quantitative estimate of drug-likeness (QED) is 0.755. The van der Waals surface area contributed by atoms with Crippen LogP contribution in [0.2, 0.25) is 0 Å². The lowest BCUT2D eigenvalue weighted by atomic mass is 10.1. The predicted molar refractivity (Wildman–Crippen MR) is 84.1 cm³/mol. The van der Waals surface area contributed by atoms with Crippen molar-refractivity contribution in [1.82, 2.24) is 13.5 Å². The van der Waals surface area contributed by atoms with Crippen LogP contribution >= 0.6 is 0 Å². The topological polar surface area (TPSA) is 78.0 Å². The molecule has 0 atom stereocenters. The normalized spacial score (nSPS) is 20.4. The maximum atomic E-state index is 12.5. The van der Waals surface area contributed by atoms with E-state index >= 15 is 0 Å². The predicted octanol–water partition coefficient (Wildman–Crippen LogP) is 0.553. The summed E-state index contributed by atoms with van der Waals surface area (Å²) >= 11 is 0. The molecule has 23 heavy (non-hydrogen) atoms. The van der Waals surface area contributed by atoms with Gasteiger partial charge in [0.25, 0.3) is 22.0 Å². The van der Waals surface area contributed by atoms with Gasteiger partial charge in [0.05, 0.1) is 11.1 Å². The monoisotopic (exact) mass is 337 g/mol. The van der Waals surface area contributed by atoms with Gasteiger partial charge in [-0.1, -0.05) is 12.1 Å². The van der Waals surface area contributed by atoms with E-state index in [2.05, 4.69) is 0 Å². The maximum absolute atomic E-state index is 12.5. The highest BCUT2D eigenvalue weighted by atomic mass is 32.2. The zero-order valence-corrected chi connectivity index (χ0v) is 13.9. The van der Waals surface area contributed by atoms with Gasteiger partial charge in [-0.2, -0.15) is 17.0 Å². The Morgan fingerprint density at radius 3 is 1.91 bits per heavy atom. The van der Waals surface area contributed by atoms with E-state index in [1.807, 2.05) is 0 Å². The molecule has 0 N–H and O–H groups in total. The minimum atomic E-state index is -3.45. The molecule has 2 aliphatic heterocycles. The van der Waals surface area contributed by atoms with E-state index in [4.69, 9.17) is 0 Å². The molecule has 2 aliphatic rings. The molecule has 0 unspecified atom stereocenters. The number of hydrogen-bond donors (Lipinski definition) is 0. The number of carbonyl (C=O) groups is 2. The summed E-state index contributed by atoms with van der Waals surface area (Å²) in [6, 6.07) is 6.53. The summed E-state index contributed by atoms with van der Waals surface area (Å²) in [5.74, 6) is -0.556. The summed E-state index contributed by atoms with van der Waals surface area (Å²) < 4.78 is 26.8. The lowest BCUT2D eigenvalue weighted by molar-refractivity contribution is 0.0535. The number of hydrogen-bond acceptors (Lipinski definition) is 4. The van der Waals surface area contributed by atoms with Crippen LogP contribution in [0.15, 0.2) is 24.3 Å². The van der Waals surface area contributed by atoms with Crippen LogP contribution in [0.25, 0.3) is 0 Å². The zero-order chi connectivity index (χ0) is 16.8. The number of piperidine rings is 1. The number of amides is 2. The first-order chi connectivity index (χ1) is 10.8. The molecule has 0 aliphatic carbocycles. The first-order valence-corrected chi connectivity index (χ1v) is 8.88. The van der Waals surface area contributed by atoms with Crippen molar-refractivity contribution in [2.45, 2.75) is 18.9 Å². The molecule has 0 aromatic heterocycles. The number of benzene rings is 1. The molecule has 1 aromatic carbocycles. The van der Waals surface area contributed by atoms with Crippen LogP contribution in [0.4, 0.5) is 0 Å². The second-order valence-electron chi connectivity index (χ2n) is 5.95. The molecule has 1 aromatic rings. The van der Waals surface area contributed by atoms with Gasteiger partial charge in [-0.15, -0.1) is 0 Å². The van der Waals surface area contributed by atoms with Gasteiger partial charge in [0.15, 0.2) is 0 Å². The van der Waals surface area contributed by atoms with Gasteiger partial charge in [-0.25, -0.2) is 0 Å². The van der Waals surface area contributed by atoms with E-state index < -0.39 is 10.2 Å². The van der Waals surface area contributed by atoms with E-state index in [0.717, 1.165) is 0 Å². The SMILES string of the molecule is CN(C)S(=O)(=O)N1CCC(N2C(=O)c3ccccc3C2=O)CC1. The van der Waals surface area contributed by atoms with Crippen LogP contribution in [0.1, 0.15) is 33.6 Å². The fourth-order valence-electron chi connectivity index (χ4n) is 3.10. The Bertz CT molecular complexity index is 717. The minimum Gasteiger partial charge on any atom is -0.271 e. The minimum absolute atomic E-state index is 0.254. The highest BCUT2D eigenvalue weighted by Gasteiger charge is 2.42. The molecule has 7 nitrogen and oxygen atoms in total. The number of fused-ring (bicyclic) bond motifs is 1. The molecule has 1 saturated heterocycles. The smallest absolute Gasteiger partial charge is 0.271 e. The summed E-state index contributed by atoms with van der Waals surface area (Å²) in [4.78, 5) is 26.2. The number of carbonyl (C=O) groups excluding carboxylic acids is 2. The molecule has 3 rings (SSSR count). The Balaban J connectivity index is 1.75. The molecule has 8 heteroatoms. The first-order valence-electron chi connectivity index (χ1n) is 7.48. The highest BCUT2D eigenvalue weighted by Crippen LogP contribution is 2.29. The third-order valence-corrected chi connectivity index (χ3v) is 6.34. The average Bonchev–Trinajstić information content (AvgIpc) is 2.79. The van der Waals surface area contributed by atoms with E-state index in [-0.39, 0.29) is 17.9 Å². The molecule has 0 saturated carbocycles. The molecule has 2 heterocycles. The van der Waals surface area contributed by atoms with Crippen LogP contribution < -0.4 is 0 Å². The van der Waals surface area contributed by atoms with Gasteiger partial charge in [0.1, 0.15) is 0 Å². The van der Waals surface area contributed by atoms with Crippen molar-refractivity contribution in [3.05, 3.63) is 35.4 Å². The number of rotatable bonds is 3. The van der Waals surface area contributed by atoms with Gasteiger partial charge in [0.2, 0.25) is 0 Å². The lowest BCUT2D eigenvalue weighted by Gasteiger charge is -2.35. The van der Waals surface area contributed by atoms with Crippen molar-refractivity contribution in [3.63, 3.8) is 0 Å². The van der Waals surface area contributed by atoms with E-state index in [9.17, 15) is 18.0 Å². The molecular weight excluding hydrogens is 318 g/mol. The number of nitrogens with zero attached hydrogens (tertiary/aromatic N) is 3. The second-order valence-corrected chi connectivity index (χ2v) is 8.09. The van der Waals surface area contributed by atoms with Crippen molar-refractivity contribution >= 4 is 22.0 Å². The third-order valence-electron chi connectivity index (χ3n) is 4.40. The molecular formula is C15H19N3O4S. The Morgan fingerprint density at radius 2 is 1.48 bits per heavy atom. The molecule has 0 spiro atoms. The lowest BCUT2D eigenvalue weighted by Crippen LogP contribution is -2.50. The van der Waals surface area contributed by atoms with Crippen molar-refractivity contribution in [3.8, 4) is 0 Å². The summed E-state index contributed by atoms with van der Waals surface area (Å²) in [5.41, 5.74) is 0.863. The second kappa shape index (κ2) is 5.70. The van der Waals surface area contributed by atoms with Gasteiger partial charge in [-0.05, 0) is 25.0 Å². The largest absolute Gasteiger partial charge is 0.281 e. The average molecular weight is 337 g/mol. The fraction of sp³-hybridized carbons (Fsp3) is 0.467. The zero-order valence-electron chi connectivity index (χ0n) is 13.1. The van der Waals surface area contributed by atoms with Crippen molar-refractivity contribution in [2.24, 2.45) is 0 Å². The summed E-state index contributed by atoms with van der Waals surface area (Å²) in [7, 11) is -0.466. The van der Waals surface area contributed by atoms with Gasteiger partial charge in [-0.3, -0.25) is 14.5 Å². The van der Waals surface area contributed by atoms with Crippen LogP contribution in [-0.4, -0.2) is 67.0 Å².